The molecule has 1 amide bonds. The van der Waals surface area contributed by atoms with Gasteiger partial charge in [0.05, 0.1) is 24.1 Å². The average Bonchev–Trinajstić information content (AvgIpc) is 2.84. The van der Waals surface area contributed by atoms with E-state index in [2.05, 4.69) is 9.97 Å². The lowest BCUT2D eigenvalue weighted by atomic mass is 9.96. The number of nitriles is 1. The Hall–Kier alpha value is -4.10. The zero-order chi connectivity index (χ0) is 25.6. The maximum absolute atomic E-state index is 15.9. The Morgan fingerprint density at radius 3 is 2.64 bits per heavy atom. The Kier molecular flexibility index (Phi) is 6.02. The number of piperazine rings is 1. The second kappa shape index (κ2) is 9.17. The Bertz CT molecular complexity index is 1570. The molecule has 36 heavy (non-hydrogen) atoms. The third kappa shape index (κ3) is 3.91. The number of hydrogen-bond acceptors (Lipinski definition) is 5. The number of rotatable bonds is 3. The number of benzene rings is 3. The second-order valence-electron chi connectivity index (χ2n) is 8.34. The number of hydrogen-bond donors (Lipinski definition) is 1. The van der Waals surface area contributed by atoms with Crippen LogP contribution in [0.4, 0.5) is 23.8 Å². The van der Waals surface area contributed by atoms with Crippen LogP contribution >= 0.6 is 11.6 Å². The highest BCUT2D eigenvalue weighted by molar-refractivity contribution is 6.36. The molecule has 5 rings (SSSR count). The largest absolute Gasteiger partial charge is 0.465 e. The van der Waals surface area contributed by atoms with Gasteiger partial charge in [0.25, 0.3) is 0 Å². The van der Waals surface area contributed by atoms with Crippen molar-refractivity contribution in [1.29, 1.82) is 5.26 Å². The molecule has 1 fully saturated rings. The summed E-state index contributed by atoms with van der Waals surface area (Å²) in [6.07, 6.45) is -2.52. The zero-order valence-electron chi connectivity index (χ0n) is 18.6. The maximum atomic E-state index is 15.9. The summed E-state index contributed by atoms with van der Waals surface area (Å²) in [6.45, 7) is 0.0887. The van der Waals surface area contributed by atoms with E-state index in [1.807, 2.05) is 6.07 Å². The van der Waals surface area contributed by atoms with Crippen LogP contribution < -0.4 is 4.90 Å². The zero-order valence-corrected chi connectivity index (χ0v) is 19.3. The molecule has 1 saturated heterocycles. The predicted octanol–water partition coefficient (Wildman–Crippen LogP) is 5.60. The van der Waals surface area contributed by atoms with E-state index in [-0.39, 0.29) is 42.8 Å². The van der Waals surface area contributed by atoms with E-state index in [4.69, 9.17) is 16.9 Å². The predicted molar refractivity (Wildman–Crippen MR) is 128 cm³/mol. The molecule has 4 aromatic rings. The fraction of sp³-hybridized carbons (Fsp3) is 0.200. The SMILES string of the molecule is N#CC[C@H]1CN(c2nc(F)nc3c(F)c(-c4cccc5cccc(Cl)c45)c(F)cc23)CCN1C(=O)O. The molecule has 0 radical (unpaired) electrons. The molecule has 1 aliphatic rings. The first kappa shape index (κ1) is 23.6. The molecule has 0 aliphatic carbocycles. The van der Waals surface area contributed by atoms with E-state index in [1.165, 1.54) is 11.0 Å². The smallest absolute Gasteiger partial charge is 0.407 e. The summed E-state index contributed by atoms with van der Waals surface area (Å²) in [5.74, 6) is -2.06. The van der Waals surface area contributed by atoms with Gasteiger partial charge in [-0.25, -0.2) is 13.6 Å². The Balaban J connectivity index is 1.68. The summed E-state index contributed by atoms with van der Waals surface area (Å²) in [7, 11) is 0. The summed E-state index contributed by atoms with van der Waals surface area (Å²) in [5, 5.41) is 19.9. The van der Waals surface area contributed by atoms with Crippen LogP contribution in [0.15, 0.2) is 42.5 Å². The quantitative estimate of drug-likeness (QED) is 0.360. The minimum absolute atomic E-state index is 0.00463. The molecule has 0 saturated carbocycles. The van der Waals surface area contributed by atoms with Gasteiger partial charge in [-0.15, -0.1) is 0 Å². The van der Waals surface area contributed by atoms with Gasteiger partial charge in [-0.2, -0.15) is 19.6 Å². The number of amides is 1. The first-order valence-electron chi connectivity index (χ1n) is 10.9. The van der Waals surface area contributed by atoms with Crippen LogP contribution in [0.2, 0.25) is 5.02 Å². The van der Waals surface area contributed by atoms with Gasteiger partial charge in [0.15, 0.2) is 5.82 Å². The van der Waals surface area contributed by atoms with Crippen molar-refractivity contribution in [3.05, 3.63) is 65.2 Å². The molecule has 1 aromatic heterocycles. The standard InChI is InChI=1S/C25H17ClF3N5O2/c26-17-6-2-4-13-3-1-5-15(19(13)17)20-18(27)11-16-22(21(20)28)31-24(29)32-23(16)33-9-10-34(25(35)36)14(12-33)7-8-30/h1-6,11,14H,7,9-10,12H2,(H,35,36)/t14-/m0/s1. The lowest BCUT2D eigenvalue weighted by Crippen LogP contribution is -2.55. The lowest BCUT2D eigenvalue weighted by Gasteiger charge is -2.39. The number of anilines is 1. The first-order chi connectivity index (χ1) is 17.3. The molecule has 182 valence electrons. The van der Waals surface area contributed by atoms with E-state index >= 15 is 8.78 Å². The van der Waals surface area contributed by atoms with Crippen molar-refractivity contribution in [2.45, 2.75) is 12.5 Å². The van der Waals surface area contributed by atoms with Crippen LogP contribution in [0, 0.1) is 29.0 Å². The van der Waals surface area contributed by atoms with Crippen LogP contribution in [0.25, 0.3) is 32.8 Å². The highest BCUT2D eigenvalue weighted by Gasteiger charge is 2.32. The third-order valence-electron chi connectivity index (χ3n) is 6.31. The Labute approximate surface area is 208 Å². The monoisotopic (exact) mass is 511 g/mol. The van der Waals surface area contributed by atoms with Crippen molar-refractivity contribution in [3.63, 3.8) is 0 Å². The van der Waals surface area contributed by atoms with Crippen molar-refractivity contribution >= 4 is 45.2 Å². The highest BCUT2D eigenvalue weighted by atomic mass is 35.5. The number of carboxylic acid groups (broad SMARTS) is 1. The van der Waals surface area contributed by atoms with Crippen LogP contribution in [-0.4, -0.2) is 51.7 Å². The second-order valence-corrected chi connectivity index (χ2v) is 8.75. The van der Waals surface area contributed by atoms with Gasteiger partial charge in [0, 0.05) is 35.4 Å². The van der Waals surface area contributed by atoms with E-state index in [0.29, 0.717) is 15.8 Å². The fourth-order valence-corrected chi connectivity index (χ4v) is 5.01. The molecule has 2 heterocycles. The van der Waals surface area contributed by atoms with E-state index in [0.717, 1.165) is 11.0 Å². The van der Waals surface area contributed by atoms with Crippen molar-refractivity contribution in [3.8, 4) is 17.2 Å². The van der Waals surface area contributed by atoms with Gasteiger partial charge >= 0.3 is 12.2 Å². The van der Waals surface area contributed by atoms with Gasteiger partial charge < -0.3 is 14.9 Å². The number of halogens is 4. The van der Waals surface area contributed by atoms with Crippen molar-refractivity contribution in [2.24, 2.45) is 0 Å². The van der Waals surface area contributed by atoms with Crippen molar-refractivity contribution in [1.82, 2.24) is 14.9 Å². The first-order valence-corrected chi connectivity index (χ1v) is 11.3. The summed E-state index contributed by atoms with van der Waals surface area (Å²) in [4.78, 5) is 21.6. The molecule has 1 atom stereocenters. The molecule has 0 bridgehead atoms. The molecular formula is C25H17ClF3N5O2. The van der Waals surface area contributed by atoms with Gasteiger partial charge in [0.1, 0.15) is 17.2 Å². The van der Waals surface area contributed by atoms with Gasteiger partial charge in [-0.3, -0.25) is 0 Å². The minimum atomic E-state index is -1.22. The topological polar surface area (TPSA) is 93.4 Å². The molecule has 0 spiro atoms. The van der Waals surface area contributed by atoms with E-state index < -0.39 is 40.9 Å². The average molecular weight is 512 g/mol. The van der Waals surface area contributed by atoms with E-state index in [1.54, 1.807) is 30.3 Å². The van der Waals surface area contributed by atoms with E-state index in [9.17, 15) is 14.3 Å². The van der Waals surface area contributed by atoms with Crippen LogP contribution in [-0.2, 0) is 0 Å². The minimum Gasteiger partial charge on any atom is -0.465 e. The van der Waals surface area contributed by atoms with Crippen molar-refractivity contribution < 1.29 is 23.1 Å². The van der Waals surface area contributed by atoms with Gasteiger partial charge in [-0.05, 0) is 23.1 Å². The molecule has 1 aliphatic heterocycles. The normalized spacial score (nSPS) is 15.9. The number of carbonyl (C=O) groups is 1. The number of nitrogens with zero attached hydrogens (tertiary/aromatic N) is 5. The highest BCUT2D eigenvalue weighted by Crippen LogP contribution is 2.40. The van der Waals surface area contributed by atoms with Gasteiger partial charge in [0.2, 0.25) is 0 Å². The van der Waals surface area contributed by atoms with Crippen molar-refractivity contribution in [2.75, 3.05) is 24.5 Å². The van der Waals surface area contributed by atoms with Crippen LogP contribution in [0.5, 0.6) is 0 Å². The number of aromatic nitrogens is 2. The van der Waals surface area contributed by atoms with Crippen LogP contribution in [0.3, 0.4) is 0 Å². The van der Waals surface area contributed by atoms with Gasteiger partial charge in [-0.1, -0.05) is 41.9 Å². The molecule has 0 unspecified atom stereocenters. The van der Waals surface area contributed by atoms with Crippen LogP contribution in [0.1, 0.15) is 6.42 Å². The molecular weight excluding hydrogens is 495 g/mol. The molecule has 3 aromatic carbocycles. The Morgan fingerprint density at radius 2 is 1.92 bits per heavy atom. The molecule has 7 nitrogen and oxygen atoms in total. The summed E-state index contributed by atoms with van der Waals surface area (Å²) >= 11 is 6.35. The molecule has 11 heteroatoms. The fourth-order valence-electron chi connectivity index (χ4n) is 4.72. The third-order valence-corrected chi connectivity index (χ3v) is 6.63. The Morgan fingerprint density at radius 1 is 1.17 bits per heavy atom. The summed E-state index contributed by atoms with van der Waals surface area (Å²) in [5.41, 5.74) is -0.626. The molecule has 1 N–H and O–H groups in total. The maximum Gasteiger partial charge on any atom is 0.407 e. The summed E-state index contributed by atoms with van der Waals surface area (Å²) < 4.78 is 46.0. The lowest BCUT2D eigenvalue weighted by molar-refractivity contribution is 0.119. The summed E-state index contributed by atoms with van der Waals surface area (Å²) in [6, 6.07) is 12.3. The number of fused-ring (bicyclic) bond motifs is 2.